The molecule has 5 nitrogen and oxygen atoms in total. The van der Waals surface area contributed by atoms with E-state index in [4.69, 9.17) is 0 Å². The number of piperidine rings is 1. The third-order valence-corrected chi connectivity index (χ3v) is 6.56. The number of hydrogen-bond donors (Lipinski definition) is 1. The van der Waals surface area contributed by atoms with Crippen LogP contribution in [0.15, 0.2) is 29.2 Å². The maximum atomic E-state index is 12.8. The molecule has 9 heteroatoms. The van der Waals surface area contributed by atoms with Crippen LogP contribution in [0.5, 0.6) is 0 Å². The molecule has 1 aromatic carbocycles. The number of carbonyl (C=O) groups is 1. The topological polar surface area (TPSA) is 66.5 Å². The lowest BCUT2D eigenvalue weighted by atomic mass is 9.87. The van der Waals surface area contributed by atoms with Crippen LogP contribution >= 0.6 is 0 Å². The lowest BCUT2D eigenvalue weighted by molar-refractivity contribution is -0.141. The first kappa shape index (κ1) is 21.7. The summed E-state index contributed by atoms with van der Waals surface area (Å²) in [5.41, 5.74) is 0.922. The molecule has 1 aromatic rings. The summed E-state index contributed by atoms with van der Waals surface area (Å²) in [4.78, 5) is 12.0. The molecule has 152 valence electrons. The Morgan fingerprint density at radius 1 is 1.11 bits per heavy atom. The van der Waals surface area contributed by atoms with Gasteiger partial charge in [0, 0.05) is 19.0 Å². The molecule has 1 saturated heterocycles. The SMILES string of the molecule is CC(C)(C)c1ccc(S(=O)(=O)N2CCC(C(=O)NCC(F)(F)F)CC2)cc1. The third-order valence-electron chi connectivity index (χ3n) is 4.65. The second-order valence-corrected chi connectivity index (χ2v) is 9.72. The van der Waals surface area contributed by atoms with Gasteiger partial charge in [-0.3, -0.25) is 4.79 Å². The lowest BCUT2D eigenvalue weighted by Gasteiger charge is -2.30. The minimum Gasteiger partial charge on any atom is -0.347 e. The second-order valence-electron chi connectivity index (χ2n) is 7.79. The van der Waals surface area contributed by atoms with Gasteiger partial charge in [-0.05, 0) is 36.0 Å². The number of halogens is 3. The third kappa shape index (κ3) is 5.68. The molecule has 1 fully saturated rings. The largest absolute Gasteiger partial charge is 0.405 e. The lowest BCUT2D eigenvalue weighted by Crippen LogP contribution is -2.44. The van der Waals surface area contributed by atoms with E-state index in [0.29, 0.717) is 0 Å². The van der Waals surface area contributed by atoms with E-state index in [1.165, 1.54) is 4.31 Å². The Hall–Kier alpha value is -1.61. The fourth-order valence-corrected chi connectivity index (χ4v) is 4.44. The number of carbonyl (C=O) groups excluding carboxylic acids is 1. The highest BCUT2D eigenvalue weighted by Gasteiger charge is 2.34. The average Bonchev–Trinajstić information content (AvgIpc) is 2.58. The summed E-state index contributed by atoms with van der Waals surface area (Å²) in [6.07, 6.45) is -4.06. The number of nitrogens with zero attached hydrogens (tertiary/aromatic N) is 1. The van der Waals surface area contributed by atoms with E-state index in [2.05, 4.69) is 0 Å². The monoisotopic (exact) mass is 406 g/mol. The molecule has 0 atom stereocenters. The standard InChI is InChI=1S/C18H25F3N2O3S/c1-17(2,3)14-4-6-15(7-5-14)27(25,26)23-10-8-13(9-11-23)16(24)22-12-18(19,20)21/h4-7,13H,8-12H2,1-3H3,(H,22,24). The van der Waals surface area contributed by atoms with Crippen molar-refractivity contribution in [2.45, 2.75) is 50.1 Å². The average molecular weight is 406 g/mol. The van der Waals surface area contributed by atoms with Gasteiger partial charge in [0.15, 0.2) is 0 Å². The predicted octanol–water partition coefficient (Wildman–Crippen LogP) is 3.06. The Kier molecular flexibility index (Phi) is 6.26. The molecule has 0 aliphatic carbocycles. The van der Waals surface area contributed by atoms with Crippen LogP contribution in [0.3, 0.4) is 0 Å². The van der Waals surface area contributed by atoms with Crippen LogP contribution in [0.25, 0.3) is 0 Å². The molecule has 1 aliphatic heterocycles. The van der Waals surface area contributed by atoms with E-state index in [0.717, 1.165) is 5.56 Å². The van der Waals surface area contributed by atoms with Gasteiger partial charge in [0.05, 0.1) is 4.90 Å². The Morgan fingerprint density at radius 2 is 1.63 bits per heavy atom. The summed E-state index contributed by atoms with van der Waals surface area (Å²) < 4.78 is 63.4. The van der Waals surface area contributed by atoms with Gasteiger partial charge in [-0.25, -0.2) is 8.42 Å². The first-order chi connectivity index (χ1) is 12.3. The molecule has 0 saturated carbocycles. The van der Waals surface area contributed by atoms with Crippen molar-refractivity contribution >= 4 is 15.9 Å². The Morgan fingerprint density at radius 3 is 2.07 bits per heavy atom. The molecule has 2 rings (SSSR count). The van der Waals surface area contributed by atoms with Crippen LogP contribution in [0.2, 0.25) is 0 Å². The zero-order valence-electron chi connectivity index (χ0n) is 15.6. The highest BCUT2D eigenvalue weighted by molar-refractivity contribution is 7.89. The summed E-state index contributed by atoms with van der Waals surface area (Å²) in [5, 5.41) is 1.87. The number of nitrogens with one attached hydrogen (secondary N) is 1. The summed E-state index contributed by atoms with van der Waals surface area (Å²) in [5.74, 6) is -1.29. The number of rotatable bonds is 4. The first-order valence-corrected chi connectivity index (χ1v) is 10.2. The van der Waals surface area contributed by atoms with Crippen molar-refractivity contribution < 1.29 is 26.4 Å². The van der Waals surface area contributed by atoms with Crippen LogP contribution in [-0.4, -0.2) is 44.4 Å². The van der Waals surface area contributed by atoms with Crippen LogP contribution in [0.4, 0.5) is 13.2 Å². The fraction of sp³-hybridized carbons (Fsp3) is 0.611. The van der Waals surface area contributed by atoms with Gasteiger partial charge in [0.1, 0.15) is 6.54 Å². The Labute approximate surface area is 158 Å². The minimum absolute atomic E-state index is 0.0928. The highest BCUT2D eigenvalue weighted by Crippen LogP contribution is 2.27. The molecule has 27 heavy (non-hydrogen) atoms. The summed E-state index contributed by atoms with van der Waals surface area (Å²) >= 11 is 0. The van der Waals surface area contributed by atoms with Crippen molar-refractivity contribution in [3.63, 3.8) is 0 Å². The van der Waals surface area contributed by atoms with Gasteiger partial charge in [0.25, 0.3) is 0 Å². The second kappa shape index (κ2) is 7.79. The van der Waals surface area contributed by atoms with Crippen LogP contribution < -0.4 is 5.32 Å². The molecule has 0 bridgehead atoms. The van der Waals surface area contributed by atoms with Gasteiger partial charge >= 0.3 is 6.18 Å². The minimum atomic E-state index is -4.46. The molecule has 0 aromatic heterocycles. The van der Waals surface area contributed by atoms with Gasteiger partial charge in [-0.2, -0.15) is 17.5 Å². The van der Waals surface area contributed by atoms with E-state index in [9.17, 15) is 26.4 Å². The number of alkyl halides is 3. The van der Waals surface area contributed by atoms with Gasteiger partial charge in [0.2, 0.25) is 15.9 Å². The van der Waals surface area contributed by atoms with E-state index in [1.54, 1.807) is 24.3 Å². The van der Waals surface area contributed by atoms with Crippen LogP contribution in [0.1, 0.15) is 39.2 Å². The maximum Gasteiger partial charge on any atom is 0.405 e. The van der Waals surface area contributed by atoms with E-state index < -0.39 is 34.6 Å². The van der Waals surface area contributed by atoms with Crippen molar-refractivity contribution in [1.29, 1.82) is 0 Å². The fourth-order valence-electron chi connectivity index (χ4n) is 2.97. The number of amides is 1. The van der Waals surface area contributed by atoms with Gasteiger partial charge < -0.3 is 5.32 Å². The van der Waals surface area contributed by atoms with Crippen molar-refractivity contribution in [2.75, 3.05) is 19.6 Å². The number of benzene rings is 1. The van der Waals surface area contributed by atoms with Crippen molar-refractivity contribution in [3.8, 4) is 0 Å². The molecule has 1 heterocycles. The number of sulfonamides is 1. The summed E-state index contributed by atoms with van der Waals surface area (Å²) in [7, 11) is -3.69. The molecule has 1 N–H and O–H groups in total. The molecular formula is C18H25F3N2O3S. The van der Waals surface area contributed by atoms with Crippen molar-refractivity contribution in [3.05, 3.63) is 29.8 Å². The molecular weight excluding hydrogens is 381 g/mol. The molecule has 0 spiro atoms. The first-order valence-electron chi connectivity index (χ1n) is 8.76. The predicted molar refractivity (Wildman–Crippen MR) is 95.7 cm³/mol. The van der Waals surface area contributed by atoms with E-state index >= 15 is 0 Å². The smallest absolute Gasteiger partial charge is 0.347 e. The Balaban J connectivity index is 1.99. The zero-order valence-corrected chi connectivity index (χ0v) is 16.5. The van der Waals surface area contributed by atoms with Crippen molar-refractivity contribution in [2.24, 2.45) is 5.92 Å². The van der Waals surface area contributed by atoms with Crippen LogP contribution in [-0.2, 0) is 20.2 Å². The summed E-state index contributed by atoms with van der Waals surface area (Å²) in [6.45, 7) is 4.94. The van der Waals surface area contributed by atoms with Gasteiger partial charge in [-0.15, -0.1) is 0 Å². The maximum absolute atomic E-state index is 12.8. The Bertz CT molecular complexity index is 761. The van der Waals surface area contributed by atoms with E-state index in [1.807, 2.05) is 26.1 Å². The zero-order chi connectivity index (χ0) is 20.5. The quantitative estimate of drug-likeness (QED) is 0.836. The van der Waals surface area contributed by atoms with Crippen molar-refractivity contribution in [1.82, 2.24) is 9.62 Å². The van der Waals surface area contributed by atoms with E-state index in [-0.39, 0.29) is 36.2 Å². The molecule has 1 aliphatic rings. The number of hydrogen-bond acceptors (Lipinski definition) is 3. The molecule has 0 unspecified atom stereocenters. The summed E-state index contributed by atoms with van der Waals surface area (Å²) in [6, 6.07) is 6.70. The molecule has 1 amide bonds. The molecule has 0 radical (unpaired) electrons. The van der Waals surface area contributed by atoms with Crippen LogP contribution in [0, 0.1) is 5.92 Å². The highest BCUT2D eigenvalue weighted by atomic mass is 32.2. The normalized spacial score (nSPS) is 17.7. The van der Waals surface area contributed by atoms with Gasteiger partial charge in [-0.1, -0.05) is 32.9 Å².